The molecule has 2 N–H and O–H groups in total. The first-order valence-corrected chi connectivity index (χ1v) is 7.19. The molecular weight excluding hydrogens is 303 g/mol. The van der Waals surface area contributed by atoms with Crippen LogP contribution in [0.25, 0.3) is 10.2 Å². The van der Waals surface area contributed by atoms with Gasteiger partial charge in [-0.1, -0.05) is 0 Å². The second kappa shape index (κ2) is 4.87. The lowest BCUT2D eigenvalue weighted by Crippen LogP contribution is -2.40. The Balaban J connectivity index is 1.96. The monoisotopic (exact) mass is 315 g/mol. The predicted molar refractivity (Wildman–Crippen MR) is 74.1 cm³/mol. The first kappa shape index (κ1) is 14.1. The Morgan fingerprint density at radius 1 is 1.48 bits per heavy atom. The number of thiophene rings is 1. The lowest BCUT2D eigenvalue weighted by atomic mass is 10.2. The number of carbonyl (C=O) groups is 1. The van der Waals surface area contributed by atoms with Gasteiger partial charge >= 0.3 is 6.18 Å². The fourth-order valence-electron chi connectivity index (χ4n) is 2.19. The van der Waals surface area contributed by atoms with Crippen LogP contribution in [0.1, 0.15) is 22.5 Å². The zero-order valence-corrected chi connectivity index (χ0v) is 11.7. The Bertz CT molecular complexity index is 694. The van der Waals surface area contributed by atoms with Crippen molar-refractivity contribution < 1.29 is 18.0 Å². The number of alkyl halides is 3. The topological polar surface area (TPSA) is 59.2 Å². The van der Waals surface area contributed by atoms with E-state index in [2.05, 4.69) is 4.98 Å². The van der Waals surface area contributed by atoms with Gasteiger partial charge in [0, 0.05) is 17.6 Å². The number of hydrogen-bond acceptors (Lipinski definition) is 4. The number of amides is 1. The summed E-state index contributed by atoms with van der Waals surface area (Å²) in [6.45, 7) is -1.24. The fourth-order valence-corrected chi connectivity index (χ4v) is 3.21. The summed E-state index contributed by atoms with van der Waals surface area (Å²) in [7, 11) is 0. The molecule has 0 saturated heterocycles. The van der Waals surface area contributed by atoms with E-state index in [1.165, 1.54) is 0 Å². The van der Waals surface area contributed by atoms with Gasteiger partial charge in [0.1, 0.15) is 16.3 Å². The molecule has 1 aliphatic carbocycles. The normalized spacial score (nSPS) is 15.4. The first-order chi connectivity index (χ1) is 9.87. The van der Waals surface area contributed by atoms with Gasteiger partial charge in [-0.2, -0.15) is 13.2 Å². The highest BCUT2D eigenvalue weighted by Crippen LogP contribution is 2.37. The van der Waals surface area contributed by atoms with E-state index in [1.807, 2.05) is 0 Å². The van der Waals surface area contributed by atoms with Crippen molar-refractivity contribution in [2.24, 2.45) is 0 Å². The number of anilines is 1. The van der Waals surface area contributed by atoms with Crippen LogP contribution in [0.2, 0.25) is 0 Å². The summed E-state index contributed by atoms with van der Waals surface area (Å²) in [5.41, 5.74) is 6.11. The Morgan fingerprint density at radius 2 is 2.19 bits per heavy atom. The van der Waals surface area contributed by atoms with Gasteiger partial charge in [0.15, 0.2) is 0 Å². The van der Waals surface area contributed by atoms with Crippen LogP contribution in [0.4, 0.5) is 18.9 Å². The van der Waals surface area contributed by atoms with Crippen molar-refractivity contribution in [1.29, 1.82) is 0 Å². The van der Waals surface area contributed by atoms with Gasteiger partial charge in [-0.15, -0.1) is 11.3 Å². The number of pyridine rings is 1. The minimum Gasteiger partial charge on any atom is -0.397 e. The fraction of sp³-hybridized carbons (Fsp3) is 0.385. The molecule has 0 aliphatic heterocycles. The summed E-state index contributed by atoms with van der Waals surface area (Å²) in [6, 6.07) is 3.04. The number of carbonyl (C=O) groups excluding carboxylic acids is 1. The van der Waals surface area contributed by atoms with Crippen LogP contribution in [0.5, 0.6) is 0 Å². The van der Waals surface area contributed by atoms with E-state index >= 15 is 0 Å². The minimum absolute atomic E-state index is 0.139. The van der Waals surface area contributed by atoms with Gasteiger partial charge in [0.2, 0.25) is 0 Å². The van der Waals surface area contributed by atoms with Gasteiger partial charge in [-0.25, -0.2) is 4.98 Å². The summed E-state index contributed by atoms with van der Waals surface area (Å²) in [6.07, 6.45) is -1.65. The largest absolute Gasteiger partial charge is 0.406 e. The molecule has 4 nitrogen and oxygen atoms in total. The van der Waals surface area contributed by atoms with Crippen LogP contribution in [-0.4, -0.2) is 34.6 Å². The predicted octanol–water partition coefficient (Wildman–Crippen LogP) is 3.05. The number of aromatic nitrogens is 1. The number of rotatable bonds is 3. The van der Waals surface area contributed by atoms with E-state index in [-0.39, 0.29) is 16.6 Å². The molecule has 0 radical (unpaired) electrons. The summed E-state index contributed by atoms with van der Waals surface area (Å²) in [5.74, 6) is -0.657. The highest BCUT2D eigenvalue weighted by atomic mass is 32.1. The summed E-state index contributed by atoms with van der Waals surface area (Å²) < 4.78 is 37.9. The van der Waals surface area contributed by atoms with Crippen molar-refractivity contribution in [2.75, 3.05) is 12.3 Å². The van der Waals surface area contributed by atoms with Crippen molar-refractivity contribution in [1.82, 2.24) is 9.88 Å². The van der Waals surface area contributed by atoms with E-state index in [4.69, 9.17) is 5.73 Å². The number of hydrogen-bond donors (Lipinski definition) is 1. The highest BCUT2D eigenvalue weighted by Gasteiger charge is 2.41. The summed E-state index contributed by atoms with van der Waals surface area (Å²) in [4.78, 5) is 18.1. The molecule has 1 fully saturated rings. The summed E-state index contributed by atoms with van der Waals surface area (Å²) >= 11 is 1.04. The molecule has 2 aromatic heterocycles. The molecule has 0 aromatic carbocycles. The first-order valence-electron chi connectivity index (χ1n) is 6.37. The minimum atomic E-state index is -4.41. The van der Waals surface area contributed by atoms with Gasteiger partial charge < -0.3 is 10.6 Å². The van der Waals surface area contributed by atoms with Gasteiger partial charge in [0.05, 0.1) is 5.69 Å². The van der Waals surface area contributed by atoms with E-state index in [1.54, 1.807) is 18.3 Å². The number of nitrogens with zero attached hydrogens (tertiary/aromatic N) is 2. The van der Waals surface area contributed by atoms with Gasteiger partial charge in [-0.05, 0) is 25.0 Å². The lowest BCUT2D eigenvalue weighted by Gasteiger charge is -2.23. The molecule has 0 atom stereocenters. The molecule has 1 aliphatic rings. The van der Waals surface area contributed by atoms with Crippen LogP contribution in [0, 0.1) is 0 Å². The van der Waals surface area contributed by atoms with Crippen molar-refractivity contribution in [3.63, 3.8) is 0 Å². The molecule has 3 rings (SSSR count). The van der Waals surface area contributed by atoms with Crippen LogP contribution in [0.15, 0.2) is 18.3 Å². The molecule has 112 valence electrons. The molecular formula is C13H12F3N3OS. The van der Waals surface area contributed by atoms with Crippen molar-refractivity contribution in [2.45, 2.75) is 25.1 Å². The average Bonchev–Trinajstić information content (AvgIpc) is 3.20. The van der Waals surface area contributed by atoms with Crippen molar-refractivity contribution in [3.8, 4) is 0 Å². The highest BCUT2D eigenvalue weighted by molar-refractivity contribution is 7.21. The Hall–Kier alpha value is -1.83. The van der Waals surface area contributed by atoms with Gasteiger partial charge in [0.25, 0.3) is 5.91 Å². The molecule has 0 spiro atoms. The standard InChI is InChI=1S/C13H12F3N3OS/c14-13(15,16)6-19(7-3-4-7)12(20)10-9(17)8-2-1-5-18-11(8)21-10/h1-2,5,7H,3-4,6,17H2. The molecule has 2 aromatic rings. The van der Waals surface area contributed by atoms with E-state index in [9.17, 15) is 18.0 Å². The van der Waals surface area contributed by atoms with Crippen molar-refractivity contribution in [3.05, 3.63) is 23.2 Å². The van der Waals surface area contributed by atoms with Crippen LogP contribution in [0.3, 0.4) is 0 Å². The molecule has 2 heterocycles. The quantitative estimate of drug-likeness (QED) is 0.947. The van der Waals surface area contributed by atoms with Gasteiger partial charge in [-0.3, -0.25) is 4.79 Å². The third-order valence-corrected chi connectivity index (χ3v) is 4.41. The molecule has 0 unspecified atom stereocenters. The number of fused-ring (bicyclic) bond motifs is 1. The number of nitrogens with two attached hydrogens (primary N) is 1. The summed E-state index contributed by atoms with van der Waals surface area (Å²) in [5, 5.41) is 0.605. The van der Waals surface area contributed by atoms with Crippen LogP contribution in [-0.2, 0) is 0 Å². The molecule has 8 heteroatoms. The number of halogens is 3. The molecule has 21 heavy (non-hydrogen) atoms. The maximum absolute atomic E-state index is 12.6. The second-order valence-corrected chi connectivity index (χ2v) is 5.98. The lowest BCUT2D eigenvalue weighted by molar-refractivity contribution is -0.141. The zero-order chi connectivity index (χ0) is 15.2. The van der Waals surface area contributed by atoms with E-state index in [0.29, 0.717) is 23.1 Å². The van der Waals surface area contributed by atoms with Crippen LogP contribution < -0.4 is 5.73 Å². The molecule has 1 saturated carbocycles. The second-order valence-electron chi connectivity index (χ2n) is 4.98. The van der Waals surface area contributed by atoms with Crippen LogP contribution >= 0.6 is 11.3 Å². The Morgan fingerprint density at radius 3 is 2.76 bits per heavy atom. The number of nitrogen functional groups attached to an aromatic ring is 1. The Kier molecular flexibility index (Phi) is 3.27. The van der Waals surface area contributed by atoms with E-state index < -0.39 is 18.6 Å². The molecule has 1 amide bonds. The third-order valence-electron chi connectivity index (χ3n) is 3.30. The van der Waals surface area contributed by atoms with E-state index in [0.717, 1.165) is 16.2 Å². The maximum atomic E-state index is 12.6. The third kappa shape index (κ3) is 2.80. The zero-order valence-electron chi connectivity index (χ0n) is 10.9. The smallest absolute Gasteiger partial charge is 0.397 e. The maximum Gasteiger partial charge on any atom is 0.406 e. The molecule has 0 bridgehead atoms. The Labute approximate surface area is 122 Å². The average molecular weight is 315 g/mol. The van der Waals surface area contributed by atoms with Crippen molar-refractivity contribution >= 4 is 33.1 Å². The SMILES string of the molecule is Nc1c(C(=O)N(CC(F)(F)F)C2CC2)sc2ncccc12.